The van der Waals surface area contributed by atoms with Crippen LogP contribution >= 0.6 is 0 Å². The van der Waals surface area contributed by atoms with Crippen LogP contribution in [0.2, 0.25) is 0 Å². The van der Waals surface area contributed by atoms with Crippen molar-refractivity contribution in [3.8, 4) is 0 Å². The molecular weight excluding hydrogens is 244 g/mol. The first-order chi connectivity index (χ1) is 9.58. The number of nitrogens with one attached hydrogen (secondary N) is 2. The van der Waals surface area contributed by atoms with E-state index in [2.05, 4.69) is 49.8 Å². The first-order valence-corrected chi connectivity index (χ1v) is 7.50. The van der Waals surface area contributed by atoms with E-state index in [1.807, 2.05) is 0 Å². The summed E-state index contributed by atoms with van der Waals surface area (Å²) in [6.07, 6.45) is 2.27. The van der Waals surface area contributed by atoms with Crippen LogP contribution < -0.4 is 10.6 Å². The standard InChI is InChI=1S/C18H24N2/c1-11(2)17-9-19-10-18(20-17)16-8-7-14-12(3)5-6-15(14)13(16)4/h7-8,17-20H,1,3,5-6,9-10H2,2,4H3. The van der Waals surface area contributed by atoms with Gasteiger partial charge >= 0.3 is 0 Å². The van der Waals surface area contributed by atoms with E-state index in [1.54, 1.807) is 0 Å². The highest BCUT2D eigenvalue weighted by Gasteiger charge is 2.26. The van der Waals surface area contributed by atoms with Crippen molar-refractivity contribution in [3.05, 3.63) is 53.1 Å². The first kappa shape index (κ1) is 13.6. The molecule has 1 aliphatic heterocycles. The second kappa shape index (κ2) is 5.19. The fourth-order valence-electron chi connectivity index (χ4n) is 3.47. The average molecular weight is 268 g/mol. The number of rotatable bonds is 2. The van der Waals surface area contributed by atoms with Gasteiger partial charge in [-0.1, -0.05) is 30.9 Å². The van der Waals surface area contributed by atoms with Crippen LogP contribution in [-0.2, 0) is 6.42 Å². The Morgan fingerprint density at radius 1 is 1.25 bits per heavy atom. The molecule has 2 heteroatoms. The van der Waals surface area contributed by atoms with Gasteiger partial charge in [0.25, 0.3) is 0 Å². The van der Waals surface area contributed by atoms with Crippen molar-refractivity contribution < 1.29 is 0 Å². The molecule has 1 aliphatic carbocycles. The molecule has 1 saturated heterocycles. The minimum Gasteiger partial charge on any atom is -0.313 e. The van der Waals surface area contributed by atoms with Gasteiger partial charge in [0.1, 0.15) is 0 Å². The molecule has 106 valence electrons. The smallest absolute Gasteiger partial charge is 0.0454 e. The van der Waals surface area contributed by atoms with Crippen LogP contribution in [0.3, 0.4) is 0 Å². The van der Waals surface area contributed by atoms with Crippen molar-refractivity contribution in [3.63, 3.8) is 0 Å². The third kappa shape index (κ3) is 2.23. The van der Waals surface area contributed by atoms with Gasteiger partial charge in [0, 0.05) is 25.2 Å². The van der Waals surface area contributed by atoms with Gasteiger partial charge in [0.05, 0.1) is 0 Å². The van der Waals surface area contributed by atoms with Crippen molar-refractivity contribution in [2.24, 2.45) is 0 Å². The number of fused-ring (bicyclic) bond motifs is 1. The third-order valence-corrected chi connectivity index (χ3v) is 4.77. The summed E-state index contributed by atoms with van der Waals surface area (Å²) in [6.45, 7) is 14.6. The molecule has 2 unspecified atom stereocenters. The van der Waals surface area contributed by atoms with Gasteiger partial charge < -0.3 is 10.6 Å². The van der Waals surface area contributed by atoms with Crippen molar-refractivity contribution in [2.75, 3.05) is 13.1 Å². The van der Waals surface area contributed by atoms with Crippen LogP contribution in [0, 0.1) is 6.92 Å². The molecule has 0 bridgehead atoms. The maximum atomic E-state index is 4.17. The van der Waals surface area contributed by atoms with E-state index in [9.17, 15) is 0 Å². The maximum absolute atomic E-state index is 4.17. The van der Waals surface area contributed by atoms with Gasteiger partial charge in [-0.25, -0.2) is 0 Å². The molecule has 1 aromatic rings. The monoisotopic (exact) mass is 268 g/mol. The zero-order valence-electron chi connectivity index (χ0n) is 12.6. The quantitative estimate of drug-likeness (QED) is 0.805. The molecule has 1 fully saturated rings. The summed E-state index contributed by atoms with van der Waals surface area (Å²) in [6, 6.07) is 5.30. The SMILES string of the molecule is C=C1CCc2c1ccc(C1CNCC(C(=C)C)N1)c2C. The highest BCUT2D eigenvalue weighted by atomic mass is 15.1. The van der Waals surface area contributed by atoms with Crippen LogP contribution in [0.5, 0.6) is 0 Å². The molecule has 3 rings (SSSR count). The second-order valence-electron chi connectivity index (χ2n) is 6.19. The van der Waals surface area contributed by atoms with Gasteiger partial charge in [-0.05, 0) is 54.5 Å². The average Bonchev–Trinajstić information content (AvgIpc) is 2.82. The minimum atomic E-state index is 0.372. The van der Waals surface area contributed by atoms with Crippen LogP contribution in [0.1, 0.15) is 41.6 Å². The Labute approximate surface area is 122 Å². The summed E-state index contributed by atoms with van der Waals surface area (Å²) in [5.74, 6) is 0. The Morgan fingerprint density at radius 3 is 2.80 bits per heavy atom. The van der Waals surface area contributed by atoms with Crippen molar-refractivity contribution in [1.82, 2.24) is 10.6 Å². The number of hydrogen-bond acceptors (Lipinski definition) is 2. The predicted molar refractivity (Wildman–Crippen MR) is 85.9 cm³/mol. The van der Waals surface area contributed by atoms with Crippen molar-refractivity contribution in [1.29, 1.82) is 0 Å². The largest absolute Gasteiger partial charge is 0.313 e. The van der Waals surface area contributed by atoms with Crippen LogP contribution in [0.4, 0.5) is 0 Å². The van der Waals surface area contributed by atoms with E-state index in [0.29, 0.717) is 12.1 Å². The third-order valence-electron chi connectivity index (χ3n) is 4.77. The predicted octanol–water partition coefficient (Wildman–Crippen LogP) is 3.13. The summed E-state index contributed by atoms with van der Waals surface area (Å²) >= 11 is 0. The molecule has 1 aromatic carbocycles. The molecule has 2 N–H and O–H groups in total. The Kier molecular flexibility index (Phi) is 3.53. The second-order valence-corrected chi connectivity index (χ2v) is 6.19. The van der Waals surface area contributed by atoms with Gasteiger partial charge in [0.2, 0.25) is 0 Å². The van der Waals surface area contributed by atoms with Crippen molar-refractivity contribution >= 4 is 5.57 Å². The van der Waals surface area contributed by atoms with Gasteiger partial charge in [0.15, 0.2) is 0 Å². The van der Waals surface area contributed by atoms with E-state index in [-0.39, 0.29) is 0 Å². The summed E-state index contributed by atoms with van der Waals surface area (Å²) in [5, 5.41) is 7.26. The van der Waals surface area contributed by atoms with Gasteiger partial charge in [-0.2, -0.15) is 0 Å². The molecule has 2 aliphatic rings. The fraction of sp³-hybridized carbons (Fsp3) is 0.444. The number of piperazine rings is 1. The Hall–Kier alpha value is -1.38. The molecule has 0 radical (unpaired) electrons. The Morgan fingerprint density at radius 2 is 2.05 bits per heavy atom. The fourth-order valence-corrected chi connectivity index (χ4v) is 3.47. The summed E-state index contributed by atoms with van der Waals surface area (Å²) in [7, 11) is 0. The van der Waals surface area contributed by atoms with Crippen molar-refractivity contribution in [2.45, 2.75) is 38.8 Å². The van der Waals surface area contributed by atoms with E-state index < -0.39 is 0 Å². The lowest BCUT2D eigenvalue weighted by molar-refractivity contribution is 0.371. The molecule has 1 heterocycles. The Bertz CT molecular complexity index is 571. The topological polar surface area (TPSA) is 24.1 Å². The highest BCUT2D eigenvalue weighted by Crippen LogP contribution is 2.36. The molecule has 0 amide bonds. The van der Waals surface area contributed by atoms with Crippen LogP contribution in [0.25, 0.3) is 5.57 Å². The van der Waals surface area contributed by atoms with Crippen LogP contribution in [0.15, 0.2) is 30.9 Å². The zero-order chi connectivity index (χ0) is 14.3. The lowest BCUT2D eigenvalue weighted by atomic mass is 9.92. The number of allylic oxidation sites excluding steroid dienone is 1. The molecule has 0 saturated carbocycles. The van der Waals surface area contributed by atoms with Crippen LogP contribution in [-0.4, -0.2) is 19.1 Å². The molecule has 20 heavy (non-hydrogen) atoms. The summed E-state index contributed by atoms with van der Waals surface area (Å²) in [5.41, 5.74) is 8.26. The molecular formula is C18H24N2. The molecule has 2 nitrogen and oxygen atoms in total. The summed E-state index contributed by atoms with van der Waals surface area (Å²) < 4.78 is 0. The minimum absolute atomic E-state index is 0.372. The molecule has 2 atom stereocenters. The lowest BCUT2D eigenvalue weighted by Crippen LogP contribution is -2.50. The summed E-state index contributed by atoms with van der Waals surface area (Å²) in [4.78, 5) is 0. The zero-order valence-corrected chi connectivity index (χ0v) is 12.6. The maximum Gasteiger partial charge on any atom is 0.0454 e. The van der Waals surface area contributed by atoms with Gasteiger partial charge in [-0.3, -0.25) is 0 Å². The number of hydrogen-bond donors (Lipinski definition) is 2. The number of benzene rings is 1. The highest BCUT2D eigenvalue weighted by molar-refractivity contribution is 5.72. The van der Waals surface area contributed by atoms with E-state index in [1.165, 1.54) is 33.4 Å². The Balaban J connectivity index is 1.91. The lowest BCUT2D eigenvalue weighted by Gasteiger charge is -2.33. The van der Waals surface area contributed by atoms with Gasteiger partial charge in [-0.15, -0.1) is 0 Å². The normalized spacial score (nSPS) is 25.6. The van der Waals surface area contributed by atoms with E-state index >= 15 is 0 Å². The molecule has 0 aromatic heterocycles. The molecule has 0 spiro atoms. The van der Waals surface area contributed by atoms with E-state index in [4.69, 9.17) is 0 Å². The first-order valence-electron chi connectivity index (χ1n) is 7.50. The van der Waals surface area contributed by atoms with E-state index in [0.717, 1.165) is 25.9 Å².